The number of hydrogen-bond acceptors (Lipinski definition) is 4. The number of nitrogens with zero attached hydrogens (tertiary/aromatic N) is 2. The van der Waals surface area contributed by atoms with Crippen molar-refractivity contribution >= 4 is 23.3 Å². The molecule has 8 heteroatoms. The Kier molecular flexibility index (Phi) is 3.21. The van der Waals surface area contributed by atoms with Crippen LogP contribution in [0.5, 0.6) is 11.6 Å². The van der Waals surface area contributed by atoms with Gasteiger partial charge in [0.25, 0.3) is 5.88 Å². The smallest absolute Gasteiger partial charge is 0.419 e. The van der Waals surface area contributed by atoms with Gasteiger partial charge in [-0.2, -0.15) is 17.5 Å². The lowest BCUT2D eigenvalue weighted by Gasteiger charge is -2.11. The lowest BCUT2D eigenvalue weighted by Crippen LogP contribution is -2.06. The topological polar surface area (TPSA) is 35.0 Å². The Morgan fingerprint density at radius 1 is 1.18 bits per heavy atom. The zero-order valence-corrected chi connectivity index (χ0v) is 9.60. The average molecular weight is 281 g/mol. The molecule has 0 atom stereocenters. The number of halogens is 4. The van der Waals surface area contributed by atoms with E-state index in [2.05, 4.69) is 8.75 Å². The van der Waals surface area contributed by atoms with Gasteiger partial charge >= 0.3 is 6.18 Å². The van der Waals surface area contributed by atoms with E-state index in [1.807, 2.05) is 0 Å². The second kappa shape index (κ2) is 4.50. The Morgan fingerprint density at radius 3 is 2.47 bits per heavy atom. The van der Waals surface area contributed by atoms with Crippen LogP contribution in [0.1, 0.15) is 5.56 Å². The van der Waals surface area contributed by atoms with Crippen molar-refractivity contribution in [3.63, 3.8) is 0 Å². The van der Waals surface area contributed by atoms with E-state index in [0.29, 0.717) is 0 Å². The van der Waals surface area contributed by atoms with E-state index in [4.69, 9.17) is 16.3 Å². The summed E-state index contributed by atoms with van der Waals surface area (Å²) in [7, 11) is 0. The molecule has 0 fully saturated rings. The summed E-state index contributed by atoms with van der Waals surface area (Å²) < 4.78 is 50.1. The summed E-state index contributed by atoms with van der Waals surface area (Å²) in [5.41, 5.74) is -0.885. The molecule has 0 aliphatic carbocycles. The average Bonchev–Trinajstić information content (AvgIpc) is 2.64. The highest BCUT2D eigenvalue weighted by Crippen LogP contribution is 2.38. The summed E-state index contributed by atoms with van der Waals surface area (Å²) in [6.45, 7) is 0. The summed E-state index contributed by atoms with van der Waals surface area (Å²) in [5.74, 6) is -0.483. The number of aromatic nitrogens is 2. The SMILES string of the molecule is FC(F)(F)c1ccccc1Oc1nsnc1Cl. The summed E-state index contributed by atoms with van der Waals surface area (Å²) in [4.78, 5) is 0. The Morgan fingerprint density at radius 2 is 1.88 bits per heavy atom. The van der Waals surface area contributed by atoms with Crippen molar-refractivity contribution in [1.82, 2.24) is 8.75 Å². The fourth-order valence-corrected chi connectivity index (χ4v) is 1.74. The molecule has 0 unspecified atom stereocenters. The van der Waals surface area contributed by atoms with Crippen LogP contribution >= 0.6 is 23.3 Å². The third-order valence-electron chi connectivity index (χ3n) is 1.82. The van der Waals surface area contributed by atoms with E-state index < -0.39 is 11.7 Å². The van der Waals surface area contributed by atoms with Crippen LogP contribution in [-0.2, 0) is 6.18 Å². The molecule has 0 saturated carbocycles. The molecular formula is C9H4ClF3N2OS. The number of para-hydroxylation sites is 1. The van der Waals surface area contributed by atoms with Gasteiger partial charge in [-0.25, -0.2) is 0 Å². The Bertz CT molecular complexity index is 529. The normalized spacial score (nSPS) is 11.5. The van der Waals surface area contributed by atoms with Gasteiger partial charge in [-0.05, 0) is 12.1 Å². The van der Waals surface area contributed by atoms with Crippen LogP contribution in [0.4, 0.5) is 13.2 Å². The van der Waals surface area contributed by atoms with E-state index in [9.17, 15) is 13.2 Å². The van der Waals surface area contributed by atoms with Crippen LogP contribution in [0, 0.1) is 0 Å². The number of alkyl halides is 3. The molecule has 0 amide bonds. The molecule has 3 nitrogen and oxygen atoms in total. The van der Waals surface area contributed by atoms with Crippen LogP contribution in [0.3, 0.4) is 0 Å². The lowest BCUT2D eigenvalue weighted by atomic mass is 10.2. The largest absolute Gasteiger partial charge is 0.435 e. The van der Waals surface area contributed by atoms with Crippen molar-refractivity contribution < 1.29 is 17.9 Å². The van der Waals surface area contributed by atoms with Crippen molar-refractivity contribution in [2.75, 3.05) is 0 Å². The minimum absolute atomic E-state index is 0.0630. The minimum atomic E-state index is -4.49. The molecule has 0 aliphatic heterocycles. The fourth-order valence-electron chi connectivity index (χ4n) is 1.12. The quantitative estimate of drug-likeness (QED) is 0.834. The minimum Gasteiger partial charge on any atom is -0.435 e. The summed E-state index contributed by atoms with van der Waals surface area (Å²) in [5, 5.41) is -0.0630. The van der Waals surface area contributed by atoms with Gasteiger partial charge in [0.2, 0.25) is 5.15 Å². The summed E-state index contributed by atoms with van der Waals surface area (Å²) in [6, 6.07) is 4.82. The van der Waals surface area contributed by atoms with Crippen molar-refractivity contribution in [2.45, 2.75) is 6.18 Å². The third-order valence-corrected chi connectivity index (χ3v) is 2.68. The van der Waals surface area contributed by atoms with Gasteiger partial charge in [-0.3, -0.25) is 0 Å². The van der Waals surface area contributed by atoms with E-state index in [0.717, 1.165) is 17.8 Å². The standard InChI is InChI=1S/C9H4ClF3N2OS/c10-7-8(15-17-14-7)16-6-4-2-1-3-5(6)9(11,12)13/h1-4H. The molecule has 1 aromatic carbocycles. The van der Waals surface area contributed by atoms with Crippen molar-refractivity contribution in [3.05, 3.63) is 35.0 Å². The van der Waals surface area contributed by atoms with Gasteiger partial charge in [0, 0.05) is 0 Å². The van der Waals surface area contributed by atoms with Gasteiger partial charge in [-0.1, -0.05) is 23.7 Å². The first-order valence-corrected chi connectivity index (χ1v) is 5.41. The van der Waals surface area contributed by atoms with Crippen molar-refractivity contribution in [3.8, 4) is 11.6 Å². The fraction of sp³-hybridized carbons (Fsp3) is 0.111. The molecule has 90 valence electrons. The predicted octanol–water partition coefficient (Wildman–Crippen LogP) is 4.00. The van der Waals surface area contributed by atoms with Crippen LogP contribution < -0.4 is 4.74 Å². The second-order valence-corrected chi connectivity index (χ2v) is 3.84. The highest BCUT2D eigenvalue weighted by molar-refractivity contribution is 6.99. The molecule has 0 saturated heterocycles. The first kappa shape index (κ1) is 12.1. The van der Waals surface area contributed by atoms with E-state index >= 15 is 0 Å². The molecule has 0 radical (unpaired) electrons. The van der Waals surface area contributed by atoms with Crippen LogP contribution in [-0.4, -0.2) is 8.75 Å². The van der Waals surface area contributed by atoms with Gasteiger partial charge < -0.3 is 4.74 Å². The first-order valence-electron chi connectivity index (χ1n) is 4.30. The maximum absolute atomic E-state index is 12.6. The van der Waals surface area contributed by atoms with Crippen LogP contribution in [0.25, 0.3) is 0 Å². The molecule has 17 heavy (non-hydrogen) atoms. The number of rotatable bonds is 2. The molecule has 0 N–H and O–H groups in total. The monoisotopic (exact) mass is 280 g/mol. The maximum Gasteiger partial charge on any atom is 0.419 e. The zero-order chi connectivity index (χ0) is 12.5. The number of ether oxygens (including phenoxy) is 1. The van der Waals surface area contributed by atoms with Gasteiger partial charge in [-0.15, -0.1) is 4.37 Å². The highest BCUT2D eigenvalue weighted by Gasteiger charge is 2.34. The first-order chi connectivity index (χ1) is 7.98. The van der Waals surface area contributed by atoms with E-state index in [1.54, 1.807) is 0 Å². The predicted molar refractivity (Wildman–Crippen MR) is 56.4 cm³/mol. The Hall–Kier alpha value is -1.34. The molecule has 0 spiro atoms. The molecule has 0 aliphatic rings. The second-order valence-electron chi connectivity index (χ2n) is 2.96. The van der Waals surface area contributed by atoms with Crippen LogP contribution in [0.2, 0.25) is 5.15 Å². The van der Waals surface area contributed by atoms with Crippen LogP contribution in [0.15, 0.2) is 24.3 Å². The number of benzene rings is 1. The summed E-state index contributed by atoms with van der Waals surface area (Å²) in [6.07, 6.45) is -4.49. The van der Waals surface area contributed by atoms with Gasteiger partial charge in [0.05, 0.1) is 17.3 Å². The lowest BCUT2D eigenvalue weighted by molar-refractivity contribution is -0.138. The maximum atomic E-state index is 12.6. The molecule has 0 bridgehead atoms. The third kappa shape index (κ3) is 2.67. The molecule has 1 heterocycles. The molecular weight excluding hydrogens is 277 g/mol. The Balaban J connectivity index is 2.37. The van der Waals surface area contributed by atoms with E-state index in [-0.39, 0.29) is 16.8 Å². The Labute approximate surface area is 103 Å². The van der Waals surface area contributed by atoms with Crippen molar-refractivity contribution in [1.29, 1.82) is 0 Å². The zero-order valence-electron chi connectivity index (χ0n) is 8.03. The molecule has 2 aromatic rings. The van der Waals surface area contributed by atoms with Gasteiger partial charge in [0.1, 0.15) is 5.75 Å². The summed E-state index contributed by atoms with van der Waals surface area (Å²) >= 11 is 6.35. The van der Waals surface area contributed by atoms with Gasteiger partial charge in [0.15, 0.2) is 0 Å². The molecule has 2 rings (SSSR count). The molecule has 1 aromatic heterocycles. The number of hydrogen-bond donors (Lipinski definition) is 0. The van der Waals surface area contributed by atoms with E-state index in [1.165, 1.54) is 18.2 Å². The van der Waals surface area contributed by atoms with Crippen molar-refractivity contribution in [2.24, 2.45) is 0 Å². The highest BCUT2D eigenvalue weighted by atomic mass is 35.5.